The van der Waals surface area contributed by atoms with Crippen LogP contribution in [0.4, 0.5) is 4.39 Å². The average Bonchev–Trinajstić information content (AvgIpc) is 2.68. The molecule has 2 aromatic rings. The zero-order valence-corrected chi connectivity index (χ0v) is 11.7. The van der Waals surface area contributed by atoms with E-state index in [4.69, 9.17) is 0 Å². The lowest BCUT2D eigenvalue weighted by Crippen LogP contribution is -2.46. The highest BCUT2D eigenvalue weighted by Gasteiger charge is 2.25. The molecule has 1 saturated heterocycles. The van der Waals surface area contributed by atoms with Crippen molar-refractivity contribution < 1.29 is 12.8 Å². The van der Waals surface area contributed by atoms with Crippen LogP contribution in [-0.4, -0.2) is 37.5 Å². The minimum atomic E-state index is -2.93. The first-order valence-electron chi connectivity index (χ1n) is 6.01. The van der Waals surface area contributed by atoms with E-state index in [1.165, 1.54) is 23.5 Å². The molecule has 2 heterocycles. The van der Waals surface area contributed by atoms with E-state index in [9.17, 15) is 12.8 Å². The molecule has 1 N–H and O–H groups in total. The standard InChI is InChI=1S/C12H13FN2O2S2/c13-8-1-2-10-11(5-8)18-12(15-10)6-9-7-19(16,17)4-3-14-9/h1-2,5,9,14H,3-4,6-7H2. The molecule has 0 spiro atoms. The second kappa shape index (κ2) is 4.81. The molecule has 0 bridgehead atoms. The molecule has 1 unspecified atom stereocenters. The Morgan fingerprint density at radius 1 is 1.47 bits per heavy atom. The van der Waals surface area contributed by atoms with Crippen molar-refractivity contribution in [1.29, 1.82) is 0 Å². The fourth-order valence-corrected chi connectivity index (χ4v) is 4.76. The molecule has 0 saturated carbocycles. The van der Waals surface area contributed by atoms with E-state index in [1.807, 2.05) is 0 Å². The van der Waals surface area contributed by atoms with Gasteiger partial charge < -0.3 is 5.32 Å². The number of hydrogen-bond acceptors (Lipinski definition) is 5. The molecule has 102 valence electrons. The first-order valence-corrected chi connectivity index (χ1v) is 8.64. The Hall–Kier alpha value is -1.05. The van der Waals surface area contributed by atoms with E-state index in [2.05, 4.69) is 10.3 Å². The van der Waals surface area contributed by atoms with Gasteiger partial charge in [-0.05, 0) is 18.2 Å². The molecule has 4 nitrogen and oxygen atoms in total. The van der Waals surface area contributed by atoms with E-state index >= 15 is 0 Å². The third-order valence-corrected chi connectivity index (χ3v) is 5.89. The number of sulfone groups is 1. The van der Waals surface area contributed by atoms with Gasteiger partial charge in [-0.2, -0.15) is 0 Å². The zero-order valence-electron chi connectivity index (χ0n) is 10.1. The smallest absolute Gasteiger partial charge is 0.153 e. The molecular formula is C12H13FN2O2S2. The highest BCUT2D eigenvalue weighted by Crippen LogP contribution is 2.24. The van der Waals surface area contributed by atoms with Gasteiger partial charge in [0.05, 0.1) is 26.7 Å². The monoisotopic (exact) mass is 300 g/mol. The second-order valence-corrected chi connectivity index (χ2v) is 8.03. The fourth-order valence-electron chi connectivity index (χ4n) is 2.24. The normalized spacial score (nSPS) is 22.7. The van der Waals surface area contributed by atoms with Crippen LogP contribution in [0.3, 0.4) is 0 Å². The highest BCUT2D eigenvalue weighted by molar-refractivity contribution is 7.91. The van der Waals surface area contributed by atoms with Crippen molar-refractivity contribution in [2.75, 3.05) is 18.1 Å². The van der Waals surface area contributed by atoms with Crippen LogP contribution in [0.2, 0.25) is 0 Å². The third kappa shape index (κ3) is 2.93. The summed E-state index contributed by atoms with van der Waals surface area (Å²) >= 11 is 1.42. The van der Waals surface area contributed by atoms with Crippen LogP contribution in [0.15, 0.2) is 18.2 Å². The number of rotatable bonds is 2. The van der Waals surface area contributed by atoms with Crippen molar-refractivity contribution in [2.24, 2.45) is 0 Å². The van der Waals surface area contributed by atoms with Gasteiger partial charge in [0.2, 0.25) is 0 Å². The summed E-state index contributed by atoms with van der Waals surface area (Å²) in [5.41, 5.74) is 0.764. The fraction of sp³-hybridized carbons (Fsp3) is 0.417. The summed E-state index contributed by atoms with van der Waals surface area (Å²) in [6.07, 6.45) is 0.570. The van der Waals surface area contributed by atoms with Gasteiger partial charge in [-0.25, -0.2) is 17.8 Å². The van der Waals surface area contributed by atoms with Gasteiger partial charge in [-0.3, -0.25) is 0 Å². The number of nitrogens with one attached hydrogen (secondary N) is 1. The van der Waals surface area contributed by atoms with Crippen LogP contribution in [0.25, 0.3) is 10.2 Å². The third-order valence-electron chi connectivity index (χ3n) is 3.12. The van der Waals surface area contributed by atoms with Gasteiger partial charge in [-0.1, -0.05) is 0 Å². The van der Waals surface area contributed by atoms with Crippen LogP contribution in [0.1, 0.15) is 5.01 Å². The van der Waals surface area contributed by atoms with Crippen LogP contribution < -0.4 is 5.32 Å². The van der Waals surface area contributed by atoms with Gasteiger partial charge in [0, 0.05) is 19.0 Å². The summed E-state index contributed by atoms with van der Waals surface area (Å²) in [4.78, 5) is 4.41. The number of aromatic nitrogens is 1. The molecular weight excluding hydrogens is 287 g/mol. The van der Waals surface area contributed by atoms with Crippen molar-refractivity contribution >= 4 is 31.4 Å². The molecule has 1 aromatic carbocycles. The van der Waals surface area contributed by atoms with Crippen LogP contribution in [-0.2, 0) is 16.3 Å². The van der Waals surface area contributed by atoms with Crippen molar-refractivity contribution in [3.8, 4) is 0 Å². The molecule has 1 atom stereocenters. The maximum Gasteiger partial charge on any atom is 0.153 e. The highest BCUT2D eigenvalue weighted by atomic mass is 32.2. The molecule has 0 radical (unpaired) electrons. The summed E-state index contributed by atoms with van der Waals surface area (Å²) in [5, 5.41) is 4.04. The lowest BCUT2D eigenvalue weighted by molar-refractivity contribution is 0.515. The summed E-state index contributed by atoms with van der Waals surface area (Å²) in [7, 11) is -2.93. The largest absolute Gasteiger partial charge is 0.312 e. The van der Waals surface area contributed by atoms with Crippen LogP contribution in [0.5, 0.6) is 0 Å². The number of fused-ring (bicyclic) bond motifs is 1. The lowest BCUT2D eigenvalue weighted by atomic mass is 10.2. The Morgan fingerprint density at radius 3 is 3.11 bits per heavy atom. The molecule has 0 aliphatic carbocycles. The maximum atomic E-state index is 13.1. The number of benzene rings is 1. The van der Waals surface area contributed by atoms with Crippen LogP contribution >= 0.6 is 11.3 Å². The summed E-state index contributed by atoms with van der Waals surface area (Å²) in [5.74, 6) is 0.0762. The number of halogens is 1. The van der Waals surface area contributed by atoms with Crippen molar-refractivity contribution in [3.63, 3.8) is 0 Å². The van der Waals surface area contributed by atoms with E-state index in [0.717, 1.165) is 15.2 Å². The Balaban J connectivity index is 1.81. The average molecular weight is 300 g/mol. The SMILES string of the molecule is O=S1(=O)CCNC(Cc2nc3ccc(F)cc3s2)C1. The first kappa shape index (κ1) is 13.0. The lowest BCUT2D eigenvalue weighted by Gasteiger charge is -2.22. The van der Waals surface area contributed by atoms with E-state index in [-0.39, 0.29) is 23.4 Å². The van der Waals surface area contributed by atoms with E-state index in [1.54, 1.807) is 6.07 Å². The number of thiazole rings is 1. The van der Waals surface area contributed by atoms with Crippen LogP contribution in [0, 0.1) is 5.82 Å². The molecule has 19 heavy (non-hydrogen) atoms. The van der Waals surface area contributed by atoms with Gasteiger partial charge in [0.25, 0.3) is 0 Å². The number of nitrogens with zero attached hydrogens (tertiary/aromatic N) is 1. The molecule has 1 aromatic heterocycles. The summed E-state index contributed by atoms with van der Waals surface area (Å²) < 4.78 is 37.0. The Labute approximate surface area is 114 Å². The number of hydrogen-bond donors (Lipinski definition) is 1. The second-order valence-electron chi connectivity index (χ2n) is 4.69. The molecule has 1 aliphatic rings. The molecule has 3 rings (SSSR count). The summed E-state index contributed by atoms with van der Waals surface area (Å²) in [6.45, 7) is 0.493. The van der Waals surface area contributed by atoms with Gasteiger partial charge in [0.1, 0.15) is 5.82 Å². The topological polar surface area (TPSA) is 59.1 Å². The van der Waals surface area contributed by atoms with Crippen molar-refractivity contribution in [2.45, 2.75) is 12.5 Å². The van der Waals surface area contributed by atoms with E-state index < -0.39 is 9.84 Å². The van der Waals surface area contributed by atoms with Crippen molar-refractivity contribution in [3.05, 3.63) is 29.0 Å². The Bertz CT molecular complexity index is 712. The summed E-state index contributed by atoms with van der Waals surface area (Å²) in [6, 6.07) is 4.40. The van der Waals surface area contributed by atoms with Gasteiger partial charge >= 0.3 is 0 Å². The molecule has 7 heteroatoms. The maximum absolute atomic E-state index is 13.1. The minimum absolute atomic E-state index is 0.0934. The van der Waals surface area contributed by atoms with Gasteiger partial charge in [0.15, 0.2) is 9.84 Å². The van der Waals surface area contributed by atoms with Crippen molar-refractivity contribution in [1.82, 2.24) is 10.3 Å². The minimum Gasteiger partial charge on any atom is -0.312 e. The quantitative estimate of drug-likeness (QED) is 0.910. The Kier molecular flexibility index (Phi) is 3.28. The molecule has 1 fully saturated rings. The Morgan fingerprint density at radius 2 is 2.32 bits per heavy atom. The molecule has 1 aliphatic heterocycles. The zero-order chi connectivity index (χ0) is 13.5. The predicted molar refractivity (Wildman–Crippen MR) is 73.7 cm³/mol. The van der Waals surface area contributed by atoms with Gasteiger partial charge in [-0.15, -0.1) is 11.3 Å². The predicted octanol–water partition coefficient (Wildman–Crippen LogP) is 1.36. The van der Waals surface area contributed by atoms with E-state index in [0.29, 0.717) is 13.0 Å². The first-order chi connectivity index (χ1) is 9.02. The molecule has 0 amide bonds.